The Labute approximate surface area is 115 Å². The molecule has 0 saturated heterocycles. The van der Waals surface area contributed by atoms with Crippen molar-refractivity contribution in [3.8, 4) is 0 Å². The third-order valence-corrected chi connectivity index (χ3v) is 2.49. The number of carbonyl (C=O) groups excluding carboxylic acids is 2. The summed E-state index contributed by atoms with van der Waals surface area (Å²) in [4.78, 5) is 23.0. The van der Waals surface area contributed by atoms with E-state index in [9.17, 15) is 18.4 Å². The molecule has 20 heavy (non-hydrogen) atoms. The Bertz CT molecular complexity index is 474. The van der Waals surface area contributed by atoms with Crippen molar-refractivity contribution in [2.75, 3.05) is 19.7 Å². The SMILES string of the molecule is CC(CO)CNC(=O)CNC(=O)c1cc(F)cc(F)c1. The van der Waals surface area contributed by atoms with Gasteiger partial charge < -0.3 is 15.7 Å². The summed E-state index contributed by atoms with van der Waals surface area (Å²) in [6.07, 6.45) is 0. The third kappa shape index (κ3) is 5.31. The van der Waals surface area contributed by atoms with Crippen LogP contribution in [-0.2, 0) is 4.79 Å². The van der Waals surface area contributed by atoms with E-state index >= 15 is 0 Å². The monoisotopic (exact) mass is 286 g/mol. The van der Waals surface area contributed by atoms with E-state index in [2.05, 4.69) is 10.6 Å². The van der Waals surface area contributed by atoms with Crippen LogP contribution in [0.25, 0.3) is 0 Å². The molecule has 0 fully saturated rings. The zero-order valence-corrected chi connectivity index (χ0v) is 11.0. The fourth-order valence-corrected chi connectivity index (χ4v) is 1.36. The van der Waals surface area contributed by atoms with Gasteiger partial charge in [-0.1, -0.05) is 6.92 Å². The molecule has 0 bridgehead atoms. The van der Waals surface area contributed by atoms with Crippen molar-refractivity contribution in [3.05, 3.63) is 35.4 Å². The zero-order valence-electron chi connectivity index (χ0n) is 11.0. The van der Waals surface area contributed by atoms with Crippen LogP contribution in [0.4, 0.5) is 8.78 Å². The number of rotatable bonds is 6. The minimum atomic E-state index is -0.864. The lowest BCUT2D eigenvalue weighted by Crippen LogP contribution is -2.39. The molecule has 0 heterocycles. The van der Waals surface area contributed by atoms with Crippen molar-refractivity contribution in [3.63, 3.8) is 0 Å². The Balaban J connectivity index is 2.45. The van der Waals surface area contributed by atoms with E-state index < -0.39 is 23.4 Å². The molecule has 0 spiro atoms. The first-order chi connectivity index (χ1) is 9.42. The first-order valence-corrected chi connectivity index (χ1v) is 6.04. The number of nitrogens with one attached hydrogen (secondary N) is 2. The second-order valence-electron chi connectivity index (χ2n) is 4.43. The molecule has 110 valence electrons. The molecule has 0 saturated carbocycles. The summed E-state index contributed by atoms with van der Waals surface area (Å²) >= 11 is 0. The maximum atomic E-state index is 12.9. The van der Waals surface area contributed by atoms with Crippen molar-refractivity contribution in [2.45, 2.75) is 6.92 Å². The third-order valence-electron chi connectivity index (χ3n) is 2.49. The second-order valence-corrected chi connectivity index (χ2v) is 4.43. The van der Waals surface area contributed by atoms with Crippen LogP contribution in [0, 0.1) is 17.6 Å². The smallest absolute Gasteiger partial charge is 0.251 e. The van der Waals surface area contributed by atoms with Gasteiger partial charge in [-0.3, -0.25) is 9.59 Å². The summed E-state index contributed by atoms with van der Waals surface area (Å²) in [5, 5.41) is 13.5. The summed E-state index contributed by atoms with van der Waals surface area (Å²) in [6.45, 7) is 1.65. The summed E-state index contributed by atoms with van der Waals surface area (Å²) in [5.41, 5.74) is -0.195. The van der Waals surface area contributed by atoms with E-state index in [-0.39, 0.29) is 31.2 Å². The minimum absolute atomic E-state index is 0.0603. The molecular formula is C13H16F2N2O3. The van der Waals surface area contributed by atoms with E-state index in [0.717, 1.165) is 12.1 Å². The highest BCUT2D eigenvalue weighted by Crippen LogP contribution is 2.07. The Morgan fingerprint density at radius 1 is 1.20 bits per heavy atom. The number of hydrogen-bond acceptors (Lipinski definition) is 3. The quantitative estimate of drug-likeness (QED) is 0.710. The predicted octanol–water partition coefficient (Wildman–Crippen LogP) is 0.439. The van der Waals surface area contributed by atoms with Crippen LogP contribution in [0.1, 0.15) is 17.3 Å². The fraction of sp³-hybridized carbons (Fsp3) is 0.385. The molecule has 0 radical (unpaired) electrons. The topological polar surface area (TPSA) is 78.4 Å². The van der Waals surface area contributed by atoms with Crippen LogP contribution in [0.2, 0.25) is 0 Å². The van der Waals surface area contributed by atoms with Crippen molar-refractivity contribution >= 4 is 11.8 Å². The van der Waals surface area contributed by atoms with Gasteiger partial charge >= 0.3 is 0 Å². The normalized spacial score (nSPS) is 11.8. The minimum Gasteiger partial charge on any atom is -0.396 e. The number of carbonyl (C=O) groups is 2. The maximum absolute atomic E-state index is 12.9. The van der Waals surface area contributed by atoms with Crippen molar-refractivity contribution < 1.29 is 23.5 Å². The molecule has 5 nitrogen and oxygen atoms in total. The first kappa shape index (κ1) is 16.0. The number of halogens is 2. The van der Waals surface area contributed by atoms with E-state index in [1.165, 1.54) is 0 Å². The number of hydrogen-bond donors (Lipinski definition) is 3. The van der Waals surface area contributed by atoms with Crippen LogP contribution >= 0.6 is 0 Å². The lowest BCUT2D eigenvalue weighted by atomic mass is 10.2. The highest BCUT2D eigenvalue weighted by molar-refractivity contribution is 5.96. The number of aliphatic hydroxyl groups is 1. The lowest BCUT2D eigenvalue weighted by Gasteiger charge is -2.10. The summed E-state index contributed by atoms with van der Waals surface area (Å²) in [6, 6.07) is 2.41. The van der Waals surface area contributed by atoms with Gasteiger partial charge in [-0.25, -0.2) is 8.78 Å². The zero-order chi connectivity index (χ0) is 15.1. The molecule has 0 aromatic heterocycles. The van der Waals surface area contributed by atoms with Gasteiger partial charge in [0.15, 0.2) is 0 Å². The molecule has 1 aromatic carbocycles. The van der Waals surface area contributed by atoms with Gasteiger partial charge in [0.25, 0.3) is 5.91 Å². The van der Waals surface area contributed by atoms with Crippen molar-refractivity contribution in [2.24, 2.45) is 5.92 Å². The molecule has 1 atom stereocenters. The molecule has 0 aliphatic carbocycles. The summed E-state index contributed by atoms with van der Waals surface area (Å²) in [5.74, 6) is -3.01. The van der Waals surface area contributed by atoms with Gasteiger partial charge in [0.05, 0.1) is 6.54 Å². The van der Waals surface area contributed by atoms with Crippen molar-refractivity contribution in [1.82, 2.24) is 10.6 Å². The van der Waals surface area contributed by atoms with Gasteiger partial charge in [0.1, 0.15) is 11.6 Å². The van der Waals surface area contributed by atoms with Crippen LogP contribution in [0.15, 0.2) is 18.2 Å². The number of aliphatic hydroxyl groups excluding tert-OH is 1. The van der Waals surface area contributed by atoms with Gasteiger partial charge in [0.2, 0.25) is 5.91 Å². The van der Waals surface area contributed by atoms with Gasteiger partial charge in [-0.2, -0.15) is 0 Å². The van der Waals surface area contributed by atoms with E-state index in [4.69, 9.17) is 5.11 Å². The maximum Gasteiger partial charge on any atom is 0.251 e. The van der Waals surface area contributed by atoms with Gasteiger partial charge in [-0.15, -0.1) is 0 Å². The Morgan fingerprint density at radius 2 is 1.80 bits per heavy atom. The molecule has 1 unspecified atom stereocenters. The molecule has 2 amide bonds. The van der Waals surface area contributed by atoms with E-state index in [0.29, 0.717) is 6.07 Å². The number of benzene rings is 1. The largest absolute Gasteiger partial charge is 0.396 e. The van der Waals surface area contributed by atoms with Crippen LogP contribution in [0.3, 0.4) is 0 Å². The van der Waals surface area contributed by atoms with Gasteiger partial charge in [-0.05, 0) is 18.1 Å². The van der Waals surface area contributed by atoms with Crippen LogP contribution in [-0.4, -0.2) is 36.6 Å². The van der Waals surface area contributed by atoms with E-state index in [1.807, 2.05) is 0 Å². The van der Waals surface area contributed by atoms with Crippen LogP contribution < -0.4 is 10.6 Å². The highest BCUT2D eigenvalue weighted by atomic mass is 19.1. The molecule has 0 aliphatic heterocycles. The highest BCUT2D eigenvalue weighted by Gasteiger charge is 2.11. The first-order valence-electron chi connectivity index (χ1n) is 6.04. The standard InChI is InChI=1S/C13H16F2N2O3/c1-8(7-18)5-16-12(19)6-17-13(20)9-2-10(14)4-11(15)3-9/h2-4,8,18H,5-7H2,1H3,(H,16,19)(H,17,20). The lowest BCUT2D eigenvalue weighted by molar-refractivity contribution is -0.120. The molecule has 1 rings (SSSR count). The number of amides is 2. The molecule has 1 aromatic rings. The fourth-order valence-electron chi connectivity index (χ4n) is 1.36. The average Bonchev–Trinajstić information content (AvgIpc) is 2.40. The average molecular weight is 286 g/mol. The van der Waals surface area contributed by atoms with Crippen molar-refractivity contribution in [1.29, 1.82) is 0 Å². The Hall–Kier alpha value is -2.02. The van der Waals surface area contributed by atoms with E-state index in [1.54, 1.807) is 6.92 Å². The second kappa shape index (κ2) is 7.54. The molecule has 3 N–H and O–H groups in total. The van der Waals surface area contributed by atoms with Gasteiger partial charge in [0, 0.05) is 24.8 Å². The molecule has 7 heteroatoms. The summed E-state index contributed by atoms with van der Waals surface area (Å²) < 4.78 is 25.8. The van der Waals surface area contributed by atoms with Crippen LogP contribution in [0.5, 0.6) is 0 Å². The Kier molecular flexibility index (Phi) is 6.05. The molecule has 0 aliphatic rings. The summed E-state index contributed by atoms with van der Waals surface area (Å²) in [7, 11) is 0. The predicted molar refractivity (Wildman–Crippen MR) is 68.0 cm³/mol. The molecular weight excluding hydrogens is 270 g/mol. The Morgan fingerprint density at radius 3 is 2.35 bits per heavy atom.